The van der Waals surface area contributed by atoms with Gasteiger partial charge in [-0.25, -0.2) is 0 Å². The molecule has 2 aliphatic rings. The van der Waals surface area contributed by atoms with Gasteiger partial charge in [0.2, 0.25) is 0 Å². The van der Waals surface area contributed by atoms with Crippen LogP contribution in [0.5, 0.6) is 5.75 Å². The van der Waals surface area contributed by atoms with Gasteiger partial charge in [0.25, 0.3) is 5.91 Å². The fourth-order valence-electron chi connectivity index (χ4n) is 4.56. The van der Waals surface area contributed by atoms with Crippen molar-refractivity contribution in [2.45, 2.75) is 19.3 Å². The molecule has 0 aromatic heterocycles. The van der Waals surface area contributed by atoms with Crippen molar-refractivity contribution in [3.63, 3.8) is 0 Å². The van der Waals surface area contributed by atoms with Crippen LogP contribution >= 0.6 is 0 Å². The van der Waals surface area contributed by atoms with Gasteiger partial charge in [-0.05, 0) is 54.8 Å². The first-order valence-electron chi connectivity index (χ1n) is 10.00. The summed E-state index contributed by atoms with van der Waals surface area (Å²) in [5.41, 5.74) is 0.351. The molecule has 0 bridgehead atoms. The number of phenolic OH excluding ortho intramolecular Hbond substituents is 1. The van der Waals surface area contributed by atoms with E-state index in [1.165, 1.54) is 19.3 Å². The van der Waals surface area contributed by atoms with E-state index in [9.17, 15) is 15.0 Å². The Morgan fingerprint density at radius 1 is 1.00 bits per heavy atom. The van der Waals surface area contributed by atoms with Gasteiger partial charge in [-0.3, -0.25) is 4.79 Å². The molecule has 0 spiro atoms. The Morgan fingerprint density at radius 3 is 2.37 bits per heavy atom. The largest absolute Gasteiger partial charge is 0.507 e. The number of benzene rings is 2. The summed E-state index contributed by atoms with van der Waals surface area (Å²) in [6.07, 6.45) is 3.78. The summed E-state index contributed by atoms with van der Waals surface area (Å²) in [6.45, 7) is 4.49. The molecule has 0 unspecified atom stereocenters. The first-order chi connectivity index (χ1) is 13.2. The minimum atomic E-state index is -0.141. The number of aromatic hydroxyl groups is 1. The predicted octanol–water partition coefficient (Wildman–Crippen LogP) is 2.71. The van der Waals surface area contributed by atoms with Crippen LogP contribution < -0.4 is 0 Å². The summed E-state index contributed by atoms with van der Waals surface area (Å²) in [5.74, 6) is 0.287. The third-order valence-electron chi connectivity index (χ3n) is 6.13. The number of aliphatic hydroxyl groups excluding tert-OH is 1. The fraction of sp³-hybridized carbons (Fsp3) is 0.500. The van der Waals surface area contributed by atoms with Crippen LogP contribution in [0.15, 0.2) is 36.4 Å². The third-order valence-corrected chi connectivity index (χ3v) is 6.13. The fourth-order valence-corrected chi connectivity index (χ4v) is 4.56. The monoisotopic (exact) mass is 368 g/mol. The van der Waals surface area contributed by atoms with Crippen molar-refractivity contribution >= 4 is 16.7 Å². The number of amides is 1. The number of hydrogen-bond donors (Lipinski definition) is 2. The predicted molar refractivity (Wildman–Crippen MR) is 106 cm³/mol. The van der Waals surface area contributed by atoms with Crippen LogP contribution in [0.4, 0.5) is 0 Å². The van der Waals surface area contributed by atoms with Crippen LogP contribution in [0.1, 0.15) is 29.6 Å². The van der Waals surface area contributed by atoms with Gasteiger partial charge in [-0.15, -0.1) is 0 Å². The molecule has 0 radical (unpaired) electrons. The van der Waals surface area contributed by atoms with Crippen molar-refractivity contribution < 1.29 is 15.0 Å². The second-order valence-corrected chi connectivity index (χ2v) is 7.99. The number of carbonyl (C=O) groups excluding carboxylic acids is 1. The molecule has 2 N–H and O–H groups in total. The lowest BCUT2D eigenvalue weighted by molar-refractivity contribution is 0.0775. The van der Waals surface area contributed by atoms with Crippen molar-refractivity contribution in [2.24, 2.45) is 11.8 Å². The average Bonchev–Trinajstić information content (AvgIpc) is 3.10. The Kier molecular flexibility index (Phi) is 5.32. The highest BCUT2D eigenvalue weighted by atomic mass is 16.3. The van der Waals surface area contributed by atoms with Gasteiger partial charge >= 0.3 is 0 Å². The molecule has 2 aromatic carbocycles. The van der Waals surface area contributed by atoms with E-state index in [2.05, 4.69) is 4.90 Å². The number of likely N-dealkylation sites (tertiary alicyclic amines) is 2. The number of carbonyl (C=O) groups is 1. The van der Waals surface area contributed by atoms with Gasteiger partial charge in [-0.2, -0.15) is 0 Å². The second kappa shape index (κ2) is 7.87. The lowest BCUT2D eigenvalue weighted by atomic mass is 9.95. The molecular formula is C22H28N2O3. The summed E-state index contributed by atoms with van der Waals surface area (Å²) >= 11 is 0. The summed E-state index contributed by atoms with van der Waals surface area (Å²) < 4.78 is 0. The maximum absolute atomic E-state index is 13.1. The van der Waals surface area contributed by atoms with Gasteiger partial charge in [0, 0.05) is 32.2 Å². The minimum absolute atomic E-state index is 0.0266. The highest BCUT2D eigenvalue weighted by molar-refractivity contribution is 6.01. The number of hydrogen-bond acceptors (Lipinski definition) is 4. The van der Waals surface area contributed by atoms with E-state index in [1.54, 1.807) is 17.0 Å². The molecule has 0 aliphatic carbocycles. The number of rotatable bonds is 4. The lowest BCUT2D eigenvalue weighted by Crippen LogP contribution is -2.37. The van der Waals surface area contributed by atoms with Gasteiger partial charge in [0.1, 0.15) is 5.75 Å². The van der Waals surface area contributed by atoms with E-state index in [0.29, 0.717) is 24.6 Å². The molecular weight excluding hydrogens is 340 g/mol. The smallest absolute Gasteiger partial charge is 0.257 e. The number of fused-ring (bicyclic) bond motifs is 1. The third kappa shape index (κ3) is 3.80. The van der Waals surface area contributed by atoms with Crippen molar-refractivity contribution in [1.82, 2.24) is 9.80 Å². The summed E-state index contributed by atoms with van der Waals surface area (Å²) in [5, 5.41) is 22.1. The Balaban J connectivity index is 1.51. The van der Waals surface area contributed by atoms with E-state index >= 15 is 0 Å². The first kappa shape index (κ1) is 18.3. The quantitative estimate of drug-likeness (QED) is 0.871. The van der Waals surface area contributed by atoms with Crippen LogP contribution in [-0.4, -0.2) is 65.3 Å². The molecule has 4 rings (SSSR count). The van der Waals surface area contributed by atoms with E-state index in [-0.39, 0.29) is 24.2 Å². The van der Waals surface area contributed by atoms with Crippen LogP contribution in [0.3, 0.4) is 0 Å². The maximum Gasteiger partial charge on any atom is 0.257 e. The van der Waals surface area contributed by atoms with Gasteiger partial charge in [0.05, 0.1) is 5.56 Å². The standard InChI is InChI=1S/C22H28N2O3/c25-15-19-14-24(13-18(19)12-23-8-4-1-5-9-23)22(27)20-10-16-6-2-3-7-17(16)11-21(20)26/h2-3,6-7,10-11,18-19,25-26H,1,4-5,8-9,12-15H2/t18-,19-/m1/s1. The van der Waals surface area contributed by atoms with Crippen molar-refractivity contribution in [3.8, 4) is 5.75 Å². The zero-order chi connectivity index (χ0) is 18.8. The van der Waals surface area contributed by atoms with Gasteiger partial charge < -0.3 is 20.0 Å². The molecule has 2 aromatic rings. The maximum atomic E-state index is 13.1. The topological polar surface area (TPSA) is 64.0 Å². The first-order valence-corrected chi connectivity index (χ1v) is 10.00. The summed E-state index contributed by atoms with van der Waals surface area (Å²) in [4.78, 5) is 17.4. The number of piperidine rings is 1. The number of nitrogens with zero attached hydrogens (tertiary/aromatic N) is 2. The zero-order valence-electron chi connectivity index (χ0n) is 15.7. The molecule has 2 aliphatic heterocycles. The number of phenols is 1. The molecule has 5 nitrogen and oxygen atoms in total. The molecule has 2 saturated heterocycles. The van der Waals surface area contributed by atoms with Crippen LogP contribution in [0, 0.1) is 11.8 Å². The Labute approximate surface area is 160 Å². The van der Waals surface area contributed by atoms with Crippen LogP contribution in [-0.2, 0) is 0 Å². The van der Waals surface area contributed by atoms with Crippen molar-refractivity contribution in [1.29, 1.82) is 0 Å². The normalized spacial score (nSPS) is 23.8. The molecule has 0 saturated carbocycles. The van der Waals surface area contributed by atoms with Gasteiger partial charge in [-0.1, -0.05) is 30.7 Å². The minimum Gasteiger partial charge on any atom is -0.507 e. The van der Waals surface area contributed by atoms with Crippen LogP contribution in [0.25, 0.3) is 10.8 Å². The van der Waals surface area contributed by atoms with Gasteiger partial charge in [0.15, 0.2) is 0 Å². The average molecular weight is 368 g/mol. The molecule has 5 heteroatoms. The van der Waals surface area contributed by atoms with Crippen molar-refractivity contribution in [3.05, 3.63) is 42.0 Å². The molecule has 2 atom stereocenters. The zero-order valence-corrected chi connectivity index (χ0v) is 15.7. The second-order valence-electron chi connectivity index (χ2n) is 7.99. The summed E-state index contributed by atoms with van der Waals surface area (Å²) in [6, 6.07) is 11.2. The Bertz CT molecular complexity index is 816. The summed E-state index contributed by atoms with van der Waals surface area (Å²) in [7, 11) is 0. The van der Waals surface area contributed by atoms with E-state index in [0.717, 1.165) is 30.4 Å². The molecule has 2 heterocycles. The molecule has 1 amide bonds. The Morgan fingerprint density at radius 2 is 1.67 bits per heavy atom. The number of aliphatic hydroxyl groups is 1. The van der Waals surface area contributed by atoms with E-state index in [4.69, 9.17) is 0 Å². The lowest BCUT2D eigenvalue weighted by Gasteiger charge is -2.30. The SMILES string of the molecule is O=C(c1cc2ccccc2cc1O)N1C[C@@H](CN2CCCCC2)[C@@H](CO)C1. The highest BCUT2D eigenvalue weighted by Gasteiger charge is 2.36. The van der Waals surface area contributed by atoms with E-state index in [1.807, 2.05) is 24.3 Å². The molecule has 2 fully saturated rings. The molecule has 144 valence electrons. The van der Waals surface area contributed by atoms with E-state index < -0.39 is 0 Å². The van der Waals surface area contributed by atoms with Crippen molar-refractivity contribution in [2.75, 3.05) is 39.3 Å². The highest BCUT2D eigenvalue weighted by Crippen LogP contribution is 2.30. The molecule has 27 heavy (non-hydrogen) atoms. The van der Waals surface area contributed by atoms with Crippen LogP contribution in [0.2, 0.25) is 0 Å². The Hall–Kier alpha value is -2.11.